The van der Waals surface area contributed by atoms with Crippen molar-refractivity contribution in [2.24, 2.45) is 5.92 Å². The van der Waals surface area contributed by atoms with Crippen LogP contribution < -0.4 is 4.90 Å². The van der Waals surface area contributed by atoms with E-state index in [1.807, 2.05) is 6.07 Å². The third-order valence-corrected chi connectivity index (χ3v) is 3.85. The molecule has 74 valence electrons. The van der Waals surface area contributed by atoms with Crippen molar-refractivity contribution >= 4 is 21.7 Å². The van der Waals surface area contributed by atoms with Gasteiger partial charge in [0.05, 0.1) is 0 Å². The van der Waals surface area contributed by atoms with Crippen LogP contribution in [0.2, 0.25) is 0 Å². The summed E-state index contributed by atoms with van der Waals surface area (Å²) in [7, 11) is 0. The maximum atomic E-state index is 4.52. The Kier molecular flexibility index (Phi) is 2.01. The fourth-order valence-corrected chi connectivity index (χ4v) is 3.10. The molecule has 2 heterocycles. The Bertz CT molecular complexity index is 353. The molecule has 2 nitrogen and oxygen atoms in total. The summed E-state index contributed by atoms with van der Waals surface area (Å²) >= 11 is 3.42. The largest absolute Gasteiger partial charge is 0.353 e. The second-order valence-electron chi connectivity index (χ2n) is 4.30. The van der Waals surface area contributed by atoms with Crippen LogP contribution in [0.1, 0.15) is 19.3 Å². The van der Waals surface area contributed by atoms with Crippen LogP contribution in [0.5, 0.6) is 0 Å². The Morgan fingerprint density at radius 2 is 2.29 bits per heavy atom. The first-order valence-corrected chi connectivity index (χ1v) is 6.01. The molecule has 0 aromatic carbocycles. The van der Waals surface area contributed by atoms with E-state index in [2.05, 4.69) is 37.9 Å². The van der Waals surface area contributed by atoms with Gasteiger partial charge in [0.1, 0.15) is 10.4 Å². The number of hydrogen-bond donors (Lipinski definition) is 0. The fraction of sp³-hybridized carbons (Fsp3) is 0.545. The van der Waals surface area contributed by atoms with Crippen molar-refractivity contribution in [1.29, 1.82) is 0 Å². The molecular formula is C11H13BrN2. The first-order chi connectivity index (χ1) is 6.83. The molecule has 3 rings (SSSR count). The zero-order chi connectivity index (χ0) is 9.54. The van der Waals surface area contributed by atoms with Crippen LogP contribution in [-0.2, 0) is 0 Å². The minimum atomic E-state index is 0.766. The van der Waals surface area contributed by atoms with E-state index < -0.39 is 0 Å². The molecule has 3 heteroatoms. The standard InChI is InChI=1S/C11H13BrN2/c12-10-2-1-3-11(13-10)14-7-8-4-5-9(14)6-8/h1-3,8-9H,4-7H2. The average molecular weight is 253 g/mol. The molecule has 1 saturated carbocycles. The lowest BCUT2D eigenvalue weighted by Gasteiger charge is -2.28. The maximum Gasteiger partial charge on any atom is 0.130 e. The number of rotatable bonds is 1. The molecule has 1 aromatic rings. The second kappa shape index (κ2) is 3.23. The lowest BCUT2D eigenvalue weighted by Crippen LogP contribution is -2.32. The van der Waals surface area contributed by atoms with Crippen molar-refractivity contribution in [3.8, 4) is 0 Å². The summed E-state index contributed by atoms with van der Waals surface area (Å²) in [5.41, 5.74) is 0. The minimum Gasteiger partial charge on any atom is -0.353 e. The van der Waals surface area contributed by atoms with Crippen LogP contribution in [0.4, 0.5) is 5.82 Å². The van der Waals surface area contributed by atoms with E-state index in [4.69, 9.17) is 0 Å². The Labute approximate surface area is 92.5 Å². The Hall–Kier alpha value is -0.570. The van der Waals surface area contributed by atoms with Gasteiger partial charge in [-0.25, -0.2) is 4.98 Å². The van der Waals surface area contributed by atoms with E-state index in [9.17, 15) is 0 Å². The van der Waals surface area contributed by atoms with E-state index in [1.54, 1.807) is 0 Å². The predicted molar refractivity (Wildman–Crippen MR) is 60.4 cm³/mol. The molecule has 2 unspecified atom stereocenters. The molecule has 1 saturated heterocycles. The highest BCUT2D eigenvalue weighted by atomic mass is 79.9. The first kappa shape index (κ1) is 8.72. The zero-order valence-corrected chi connectivity index (χ0v) is 9.57. The van der Waals surface area contributed by atoms with Gasteiger partial charge in [-0.05, 0) is 53.2 Å². The molecular weight excluding hydrogens is 240 g/mol. The van der Waals surface area contributed by atoms with E-state index in [1.165, 1.54) is 25.8 Å². The van der Waals surface area contributed by atoms with Crippen LogP contribution in [0.25, 0.3) is 0 Å². The summed E-state index contributed by atoms with van der Waals surface area (Å²) < 4.78 is 0.942. The normalized spacial score (nSPS) is 29.9. The zero-order valence-electron chi connectivity index (χ0n) is 7.99. The molecule has 2 bridgehead atoms. The maximum absolute atomic E-state index is 4.52. The predicted octanol–water partition coefficient (Wildman–Crippen LogP) is 2.83. The van der Waals surface area contributed by atoms with Crippen molar-refractivity contribution in [2.45, 2.75) is 25.3 Å². The quantitative estimate of drug-likeness (QED) is 0.715. The van der Waals surface area contributed by atoms with Crippen LogP contribution >= 0.6 is 15.9 Å². The average Bonchev–Trinajstić information content (AvgIpc) is 2.78. The summed E-state index contributed by atoms with van der Waals surface area (Å²) in [6.45, 7) is 1.22. The molecule has 0 spiro atoms. The molecule has 0 N–H and O–H groups in total. The Balaban J connectivity index is 1.89. The number of piperidine rings is 1. The van der Waals surface area contributed by atoms with Gasteiger partial charge in [0.25, 0.3) is 0 Å². The van der Waals surface area contributed by atoms with E-state index in [0.29, 0.717) is 0 Å². The molecule has 0 radical (unpaired) electrons. The third-order valence-electron chi connectivity index (χ3n) is 3.40. The molecule has 2 atom stereocenters. The number of hydrogen-bond acceptors (Lipinski definition) is 2. The fourth-order valence-electron chi connectivity index (χ4n) is 2.76. The first-order valence-electron chi connectivity index (χ1n) is 5.22. The lowest BCUT2D eigenvalue weighted by molar-refractivity contribution is 0.550. The molecule has 14 heavy (non-hydrogen) atoms. The summed E-state index contributed by atoms with van der Waals surface area (Å²) in [5, 5.41) is 0. The highest BCUT2D eigenvalue weighted by Gasteiger charge is 2.38. The third kappa shape index (κ3) is 1.34. The van der Waals surface area contributed by atoms with Gasteiger partial charge in [0.15, 0.2) is 0 Å². The van der Waals surface area contributed by atoms with Gasteiger partial charge < -0.3 is 4.90 Å². The summed E-state index contributed by atoms with van der Waals surface area (Å²) in [6, 6.07) is 6.93. The van der Waals surface area contributed by atoms with Crippen LogP contribution in [0.15, 0.2) is 22.8 Å². The monoisotopic (exact) mass is 252 g/mol. The molecule has 1 aromatic heterocycles. The van der Waals surface area contributed by atoms with Gasteiger partial charge in [-0.3, -0.25) is 0 Å². The molecule has 2 aliphatic rings. The number of pyridine rings is 1. The van der Waals surface area contributed by atoms with E-state index >= 15 is 0 Å². The summed E-state index contributed by atoms with van der Waals surface area (Å²) in [6.07, 6.45) is 4.17. The van der Waals surface area contributed by atoms with Crippen LogP contribution in [0, 0.1) is 5.92 Å². The van der Waals surface area contributed by atoms with Crippen molar-refractivity contribution < 1.29 is 0 Å². The van der Waals surface area contributed by atoms with Crippen molar-refractivity contribution in [3.63, 3.8) is 0 Å². The minimum absolute atomic E-state index is 0.766. The van der Waals surface area contributed by atoms with Crippen molar-refractivity contribution in [1.82, 2.24) is 4.98 Å². The number of aromatic nitrogens is 1. The van der Waals surface area contributed by atoms with Gasteiger partial charge in [0, 0.05) is 12.6 Å². The highest BCUT2D eigenvalue weighted by molar-refractivity contribution is 9.10. The Morgan fingerprint density at radius 3 is 2.93 bits per heavy atom. The van der Waals surface area contributed by atoms with Crippen LogP contribution in [0.3, 0.4) is 0 Å². The number of fused-ring (bicyclic) bond motifs is 2. The van der Waals surface area contributed by atoms with Crippen molar-refractivity contribution in [2.75, 3.05) is 11.4 Å². The number of halogens is 1. The number of nitrogens with zero attached hydrogens (tertiary/aromatic N) is 2. The molecule has 0 amide bonds. The van der Waals surface area contributed by atoms with E-state index in [-0.39, 0.29) is 0 Å². The van der Waals surface area contributed by atoms with E-state index in [0.717, 1.165) is 22.4 Å². The Morgan fingerprint density at radius 1 is 1.36 bits per heavy atom. The highest BCUT2D eigenvalue weighted by Crippen LogP contribution is 2.39. The second-order valence-corrected chi connectivity index (χ2v) is 5.12. The van der Waals surface area contributed by atoms with Gasteiger partial charge in [0.2, 0.25) is 0 Å². The van der Waals surface area contributed by atoms with Crippen LogP contribution in [-0.4, -0.2) is 17.6 Å². The smallest absolute Gasteiger partial charge is 0.130 e. The van der Waals surface area contributed by atoms with Gasteiger partial charge in [-0.2, -0.15) is 0 Å². The lowest BCUT2D eigenvalue weighted by atomic mass is 10.1. The van der Waals surface area contributed by atoms with Gasteiger partial charge in [-0.1, -0.05) is 6.07 Å². The van der Waals surface area contributed by atoms with Gasteiger partial charge in [-0.15, -0.1) is 0 Å². The number of anilines is 1. The summed E-state index contributed by atoms with van der Waals surface area (Å²) in [5.74, 6) is 2.08. The molecule has 1 aliphatic carbocycles. The van der Waals surface area contributed by atoms with Crippen molar-refractivity contribution in [3.05, 3.63) is 22.8 Å². The van der Waals surface area contributed by atoms with Gasteiger partial charge >= 0.3 is 0 Å². The molecule has 2 fully saturated rings. The SMILES string of the molecule is Brc1cccc(N2CC3CCC2C3)n1. The topological polar surface area (TPSA) is 16.1 Å². The summed E-state index contributed by atoms with van der Waals surface area (Å²) in [4.78, 5) is 6.99. The molecule has 1 aliphatic heterocycles.